The Morgan fingerprint density at radius 1 is 1.30 bits per heavy atom. The van der Waals surface area contributed by atoms with Crippen molar-refractivity contribution in [2.45, 2.75) is 25.3 Å². The summed E-state index contributed by atoms with van der Waals surface area (Å²) in [6.45, 7) is 0. The number of carbonyl (C=O) groups is 1. The minimum atomic E-state index is 0.300. The molecule has 4 unspecified atom stereocenters. The van der Waals surface area contributed by atoms with Crippen molar-refractivity contribution in [3.63, 3.8) is 0 Å². The molecular weight excluding hydrogens is 126 g/mol. The maximum absolute atomic E-state index is 10.5. The van der Waals surface area contributed by atoms with E-state index in [0.29, 0.717) is 17.9 Å². The second-order valence-corrected chi connectivity index (χ2v) is 3.70. The van der Waals surface area contributed by atoms with Crippen LogP contribution in [0.3, 0.4) is 0 Å². The summed E-state index contributed by atoms with van der Waals surface area (Å²) in [5.74, 6) is 1.60. The molecule has 0 aromatic carbocycles. The predicted octanol–water partition coefficient (Wildman–Crippen LogP) is 0.559. The SMILES string of the molecule is NC1CC2CC(C=O)C1C2. The smallest absolute Gasteiger partial charge is 0.123 e. The molecule has 0 spiro atoms. The topological polar surface area (TPSA) is 43.1 Å². The van der Waals surface area contributed by atoms with Gasteiger partial charge in [-0.25, -0.2) is 0 Å². The van der Waals surface area contributed by atoms with Gasteiger partial charge < -0.3 is 10.5 Å². The Balaban J connectivity index is 2.12. The highest BCUT2D eigenvalue weighted by Gasteiger charge is 2.44. The Morgan fingerprint density at radius 2 is 2.10 bits per heavy atom. The molecule has 2 aliphatic rings. The number of fused-ring (bicyclic) bond motifs is 2. The molecule has 0 heterocycles. The monoisotopic (exact) mass is 139 g/mol. The number of hydrogen-bond donors (Lipinski definition) is 1. The molecule has 2 bridgehead atoms. The lowest BCUT2D eigenvalue weighted by Crippen LogP contribution is -2.32. The lowest BCUT2D eigenvalue weighted by Gasteiger charge is -2.21. The number of nitrogens with two attached hydrogens (primary N) is 1. The van der Waals surface area contributed by atoms with Crippen molar-refractivity contribution >= 4 is 6.29 Å². The molecule has 2 rings (SSSR count). The lowest BCUT2D eigenvalue weighted by atomic mass is 9.87. The highest BCUT2D eigenvalue weighted by Crippen LogP contribution is 2.46. The zero-order valence-corrected chi connectivity index (χ0v) is 5.99. The van der Waals surface area contributed by atoms with E-state index in [-0.39, 0.29) is 0 Å². The largest absolute Gasteiger partial charge is 0.327 e. The third-order valence-electron chi connectivity index (χ3n) is 3.09. The summed E-state index contributed by atoms with van der Waals surface area (Å²) in [5, 5.41) is 0. The van der Waals surface area contributed by atoms with Gasteiger partial charge in [0.15, 0.2) is 0 Å². The van der Waals surface area contributed by atoms with Crippen molar-refractivity contribution in [1.29, 1.82) is 0 Å². The van der Waals surface area contributed by atoms with Gasteiger partial charge in [-0.05, 0) is 31.1 Å². The Morgan fingerprint density at radius 3 is 2.50 bits per heavy atom. The lowest BCUT2D eigenvalue weighted by molar-refractivity contribution is -0.112. The average Bonchev–Trinajstić information content (AvgIpc) is 2.44. The summed E-state index contributed by atoms with van der Waals surface area (Å²) >= 11 is 0. The highest BCUT2D eigenvalue weighted by atomic mass is 16.1. The van der Waals surface area contributed by atoms with Crippen molar-refractivity contribution in [3.8, 4) is 0 Å². The van der Waals surface area contributed by atoms with Crippen LogP contribution < -0.4 is 5.73 Å². The molecule has 4 atom stereocenters. The van der Waals surface area contributed by atoms with E-state index in [1.54, 1.807) is 0 Å². The van der Waals surface area contributed by atoms with E-state index in [1.807, 2.05) is 0 Å². The summed E-state index contributed by atoms with van der Waals surface area (Å²) in [6, 6.07) is 0.328. The quantitative estimate of drug-likeness (QED) is 0.539. The Hall–Kier alpha value is -0.370. The van der Waals surface area contributed by atoms with Crippen LogP contribution in [0, 0.1) is 17.8 Å². The van der Waals surface area contributed by atoms with Crippen LogP contribution in [0.15, 0.2) is 0 Å². The van der Waals surface area contributed by atoms with E-state index in [9.17, 15) is 4.79 Å². The zero-order chi connectivity index (χ0) is 7.14. The molecule has 2 fully saturated rings. The molecule has 2 saturated carbocycles. The number of hydrogen-bond acceptors (Lipinski definition) is 2. The van der Waals surface area contributed by atoms with Crippen LogP contribution in [-0.4, -0.2) is 12.3 Å². The molecule has 2 nitrogen and oxygen atoms in total. The van der Waals surface area contributed by atoms with Gasteiger partial charge in [-0.1, -0.05) is 0 Å². The number of rotatable bonds is 1. The highest BCUT2D eigenvalue weighted by molar-refractivity contribution is 5.55. The molecule has 0 amide bonds. The molecule has 0 radical (unpaired) electrons. The maximum atomic E-state index is 10.5. The summed E-state index contributed by atoms with van der Waals surface area (Å²) < 4.78 is 0. The van der Waals surface area contributed by atoms with Gasteiger partial charge in [-0.3, -0.25) is 0 Å². The van der Waals surface area contributed by atoms with Gasteiger partial charge in [0.2, 0.25) is 0 Å². The van der Waals surface area contributed by atoms with E-state index in [2.05, 4.69) is 0 Å². The third kappa shape index (κ3) is 0.717. The van der Waals surface area contributed by atoms with Crippen LogP contribution in [0.4, 0.5) is 0 Å². The van der Waals surface area contributed by atoms with Gasteiger partial charge in [0, 0.05) is 12.0 Å². The Labute approximate surface area is 60.8 Å². The molecule has 0 aromatic heterocycles. The van der Waals surface area contributed by atoms with Gasteiger partial charge in [0.1, 0.15) is 6.29 Å². The van der Waals surface area contributed by atoms with Gasteiger partial charge >= 0.3 is 0 Å². The predicted molar refractivity (Wildman–Crippen MR) is 38.4 cm³/mol. The van der Waals surface area contributed by atoms with Crippen LogP contribution in [0.5, 0.6) is 0 Å². The van der Waals surface area contributed by atoms with Crippen LogP contribution >= 0.6 is 0 Å². The third-order valence-corrected chi connectivity index (χ3v) is 3.09. The number of carbonyl (C=O) groups excluding carboxylic acids is 1. The minimum Gasteiger partial charge on any atom is -0.327 e. The van der Waals surface area contributed by atoms with E-state index >= 15 is 0 Å². The summed E-state index contributed by atoms with van der Waals surface area (Å²) in [6.07, 6.45) is 4.59. The van der Waals surface area contributed by atoms with Gasteiger partial charge in [-0.15, -0.1) is 0 Å². The summed E-state index contributed by atoms with van der Waals surface area (Å²) in [7, 11) is 0. The second-order valence-electron chi connectivity index (χ2n) is 3.70. The minimum absolute atomic E-state index is 0.300. The summed E-state index contributed by atoms with van der Waals surface area (Å²) in [4.78, 5) is 10.5. The van der Waals surface area contributed by atoms with E-state index in [4.69, 9.17) is 5.73 Å². The molecule has 2 N–H and O–H groups in total. The average molecular weight is 139 g/mol. The fourth-order valence-electron chi connectivity index (χ4n) is 2.62. The Kier molecular flexibility index (Phi) is 1.31. The fraction of sp³-hybridized carbons (Fsp3) is 0.875. The first kappa shape index (κ1) is 6.35. The fourth-order valence-corrected chi connectivity index (χ4v) is 2.62. The molecule has 2 aliphatic carbocycles. The van der Waals surface area contributed by atoms with Crippen LogP contribution in [0.1, 0.15) is 19.3 Å². The summed E-state index contributed by atoms with van der Waals surface area (Å²) in [5.41, 5.74) is 5.83. The van der Waals surface area contributed by atoms with E-state index < -0.39 is 0 Å². The van der Waals surface area contributed by atoms with E-state index in [1.165, 1.54) is 6.42 Å². The van der Waals surface area contributed by atoms with Crippen LogP contribution in [0.25, 0.3) is 0 Å². The molecule has 56 valence electrons. The van der Waals surface area contributed by atoms with Crippen molar-refractivity contribution < 1.29 is 4.79 Å². The molecular formula is C8H13NO. The van der Waals surface area contributed by atoms with Gasteiger partial charge in [0.05, 0.1) is 0 Å². The second kappa shape index (κ2) is 2.06. The van der Waals surface area contributed by atoms with Crippen LogP contribution in [-0.2, 0) is 4.79 Å². The molecule has 0 aliphatic heterocycles. The maximum Gasteiger partial charge on any atom is 0.123 e. The van der Waals surface area contributed by atoms with Crippen molar-refractivity contribution in [1.82, 2.24) is 0 Å². The van der Waals surface area contributed by atoms with Gasteiger partial charge in [-0.2, -0.15) is 0 Å². The molecule has 10 heavy (non-hydrogen) atoms. The van der Waals surface area contributed by atoms with Crippen molar-refractivity contribution in [2.75, 3.05) is 0 Å². The standard InChI is InChI=1S/C8H13NO/c9-8-3-5-1-6(4-10)7(8)2-5/h4-8H,1-3,9H2. The van der Waals surface area contributed by atoms with Gasteiger partial charge in [0.25, 0.3) is 0 Å². The first-order valence-electron chi connectivity index (χ1n) is 4.02. The van der Waals surface area contributed by atoms with Crippen molar-refractivity contribution in [3.05, 3.63) is 0 Å². The normalized spacial score (nSPS) is 51.7. The van der Waals surface area contributed by atoms with Crippen molar-refractivity contribution in [2.24, 2.45) is 23.5 Å². The Bertz CT molecular complexity index is 157. The van der Waals surface area contributed by atoms with E-state index in [0.717, 1.165) is 25.0 Å². The molecule has 2 heteroatoms. The molecule has 0 aromatic rings. The number of aldehydes is 1. The first-order chi connectivity index (χ1) is 4.81. The first-order valence-corrected chi connectivity index (χ1v) is 4.02. The molecule has 0 saturated heterocycles. The zero-order valence-electron chi connectivity index (χ0n) is 5.99. The van der Waals surface area contributed by atoms with Crippen LogP contribution in [0.2, 0.25) is 0 Å².